The number of rotatable bonds is 6. The first-order valence-corrected chi connectivity index (χ1v) is 7.68. The van der Waals surface area contributed by atoms with Crippen molar-refractivity contribution in [3.8, 4) is 12.3 Å². The SMILES string of the molecule is C#CCCC1(CCNC(=O)c2cc(C)nc3c2c(=O)[nH]n3C)N=N1. The molecular formula is C16H18N6O2. The summed E-state index contributed by atoms with van der Waals surface area (Å²) in [5, 5.41) is 13.8. The van der Waals surface area contributed by atoms with E-state index in [1.165, 1.54) is 4.68 Å². The Bertz CT molecular complexity index is 924. The van der Waals surface area contributed by atoms with Crippen LogP contribution in [0.3, 0.4) is 0 Å². The van der Waals surface area contributed by atoms with Gasteiger partial charge in [0, 0.05) is 38.5 Å². The zero-order valence-electron chi connectivity index (χ0n) is 13.6. The van der Waals surface area contributed by atoms with Crippen molar-refractivity contribution >= 4 is 16.9 Å². The molecule has 124 valence electrons. The van der Waals surface area contributed by atoms with Gasteiger partial charge in [0.25, 0.3) is 11.5 Å². The standard InChI is InChI=1S/C16H18N6O2/c1-4-5-6-16(20-21-16)7-8-17-14(23)11-9-10(2)18-13-12(11)15(24)19-22(13)3/h1,9H,5-8H2,2-3H3,(H,17,23)(H,19,24). The van der Waals surface area contributed by atoms with Crippen LogP contribution in [0.25, 0.3) is 11.0 Å². The number of hydrogen-bond acceptors (Lipinski definition) is 5. The Balaban J connectivity index is 1.73. The van der Waals surface area contributed by atoms with Gasteiger partial charge in [-0.15, -0.1) is 12.3 Å². The van der Waals surface area contributed by atoms with Crippen LogP contribution in [0.1, 0.15) is 35.3 Å². The highest BCUT2D eigenvalue weighted by atomic mass is 16.2. The number of nitrogens with one attached hydrogen (secondary N) is 2. The van der Waals surface area contributed by atoms with E-state index in [1.807, 2.05) is 0 Å². The van der Waals surface area contributed by atoms with Crippen molar-refractivity contribution in [1.82, 2.24) is 20.1 Å². The van der Waals surface area contributed by atoms with Crippen LogP contribution in [0, 0.1) is 19.3 Å². The van der Waals surface area contributed by atoms with Gasteiger partial charge in [0.05, 0.1) is 10.9 Å². The molecule has 8 heteroatoms. The molecule has 0 aliphatic carbocycles. The van der Waals surface area contributed by atoms with Gasteiger partial charge < -0.3 is 5.32 Å². The van der Waals surface area contributed by atoms with Gasteiger partial charge >= 0.3 is 0 Å². The van der Waals surface area contributed by atoms with Crippen molar-refractivity contribution < 1.29 is 4.79 Å². The molecule has 8 nitrogen and oxygen atoms in total. The zero-order chi connectivity index (χ0) is 17.3. The molecule has 0 saturated carbocycles. The van der Waals surface area contributed by atoms with E-state index in [1.54, 1.807) is 20.0 Å². The summed E-state index contributed by atoms with van der Waals surface area (Å²) in [4.78, 5) is 28.9. The predicted octanol–water partition coefficient (Wildman–Crippen LogP) is 1.27. The number of nitrogens with zero attached hydrogens (tertiary/aromatic N) is 4. The molecule has 3 heterocycles. The van der Waals surface area contributed by atoms with Crippen LogP contribution in [-0.2, 0) is 7.05 Å². The van der Waals surface area contributed by atoms with Gasteiger partial charge in [-0.25, -0.2) is 4.98 Å². The minimum atomic E-state index is -0.437. The zero-order valence-corrected chi connectivity index (χ0v) is 13.6. The molecule has 0 unspecified atom stereocenters. The number of hydrogen-bond donors (Lipinski definition) is 2. The summed E-state index contributed by atoms with van der Waals surface area (Å²) in [7, 11) is 1.68. The van der Waals surface area contributed by atoms with E-state index in [2.05, 4.69) is 31.5 Å². The second-order valence-electron chi connectivity index (χ2n) is 5.90. The number of aromatic amines is 1. The van der Waals surface area contributed by atoms with E-state index in [0.29, 0.717) is 48.1 Å². The maximum absolute atomic E-state index is 12.5. The van der Waals surface area contributed by atoms with E-state index >= 15 is 0 Å². The third-order valence-electron chi connectivity index (χ3n) is 4.05. The van der Waals surface area contributed by atoms with Crippen LogP contribution >= 0.6 is 0 Å². The van der Waals surface area contributed by atoms with Gasteiger partial charge in [-0.05, 0) is 13.0 Å². The van der Waals surface area contributed by atoms with Gasteiger partial charge in [-0.3, -0.25) is 19.4 Å². The lowest BCUT2D eigenvalue weighted by molar-refractivity contribution is 0.0953. The third-order valence-corrected chi connectivity index (χ3v) is 4.05. The minimum absolute atomic E-state index is 0.295. The van der Waals surface area contributed by atoms with E-state index in [-0.39, 0.29) is 11.5 Å². The highest BCUT2D eigenvalue weighted by molar-refractivity contribution is 6.05. The Hall–Kier alpha value is -2.95. The summed E-state index contributed by atoms with van der Waals surface area (Å²) in [6, 6.07) is 1.62. The molecule has 2 aromatic heterocycles. The molecule has 0 saturated heterocycles. The Morgan fingerprint density at radius 1 is 1.46 bits per heavy atom. The van der Waals surface area contributed by atoms with E-state index < -0.39 is 5.66 Å². The number of aromatic nitrogens is 3. The van der Waals surface area contributed by atoms with Crippen LogP contribution in [-0.4, -0.2) is 32.9 Å². The molecule has 0 bridgehead atoms. The quantitative estimate of drug-likeness (QED) is 0.781. The van der Waals surface area contributed by atoms with Crippen LogP contribution < -0.4 is 10.9 Å². The first kappa shape index (κ1) is 15.9. The Kier molecular flexibility index (Phi) is 3.93. The highest BCUT2D eigenvalue weighted by Crippen LogP contribution is 2.36. The summed E-state index contributed by atoms with van der Waals surface area (Å²) >= 11 is 0. The van der Waals surface area contributed by atoms with Crippen molar-refractivity contribution in [2.24, 2.45) is 17.3 Å². The second-order valence-corrected chi connectivity index (χ2v) is 5.90. The number of H-pyrrole nitrogens is 1. The number of fused-ring (bicyclic) bond motifs is 1. The minimum Gasteiger partial charge on any atom is -0.352 e. The molecule has 24 heavy (non-hydrogen) atoms. The first-order valence-electron chi connectivity index (χ1n) is 7.68. The molecule has 2 aromatic rings. The largest absolute Gasteiger partial charge is 0.352 e. The molecule has 0 spiro atoms. The van der Waals surface area contributed by atoms with Crippen LogP contribution in [0.4, 0.5) is 0 Å². The maximum Gasteiger partial charge on any atom is 0.274 e. The maximum atomic E-state index is 12.5. The molecule has 1 aliphatic heterocycles. The molecule has 2 N–H and O–H groups in total. The van der Waals surface area contributed by atoms with Gasteiger partial charge in [0.15, 0.2) is 11.3 Å². The van der Waals surface area contributed by atoms with Crippen molar-refractivity contribution in [3.05, 3.63) is 27.7 Å². The normalized spacial score (nSPS) is 14.5. The van der Waals surface area contributed by atoms with Crippen LogP contribution in [0.2, 0.25) is 0 Å². The predicted molar refractivity (Wildman–Crippen MR) is 88.7 cm³/mol. The van der Waals surface area contributed by atoms with Gasteiger partial charge in [-0.1, -0.05) is 0 Å². The van der Waals surface area contributed by atoms with Gasteiger partial charge in [0.2, 0.25) is 0 Å². The average Bonchev–Trinajstić information content (AvgIpc) is 3.25. The molecule has 0 fully saturated rings. The lowest BCUT2D eigenvalue weighted by atomic mass is 10.0. The molecule has 0 aromatic carbocycles. The number of terminal acetylenes is 1. The topological polar surface area (TPSA) is 104 Å². The van der Waals surface area contributed by atoms with Crippen LogP contribution in [0.5, 0.6) is 0 Å². The highest BCUT2D eigenvalue weighted by Gasteiger charge is 2.38. The summed E-state index contributed by atoms with van der Waals surface area (Å²) in [6.07, 6.45) is 7.14. The molecule has 1 amide bonds. The monoisotopic (exact) mass is 326 g/mol. The van der Waals surface area contributed by atoms with Crippen LogP contribution in [0.15, 0.2) is 21.1 Å². The van der Waals surface area contributed by atoms with Gasteiger partial charge in [-0.2, -0.15) is 10.2 Å². The summed E-state index contributed by atoms with van der Waals surface area (Å²) in [5.41, 5.74) is 0.681. The molecule has 3 rings (SSSR count). The number of carbonyl (C=O) groups is 1. The van der Waals surface area contributed by atoms with E-state index in [9.17, 15) is 9.59 Å². The Labute approximate surface area is 138 Å². The molecule has 0 atom stereocenters. The first-order chi connectivity index (χ1) is 11.5. The molecule has 0 radical (unpaired) electrons. The number of amides is 1. The smallest absolute Gasteiger partial charge is 0.274 e. The lowest BCUT2D eigenvalue weighted by Crippen LogP contribution is -2.29. The average molecular weight is 326 g/mol. The molecule has 1 aliphatic rings. The van der Waals surface area contributed by atoms with Crippen molar-refractivity contribution in [3.63, 3.8) is 0 Å². The fourth-order valence-corrected chi connectivity index (χ4v) is 2.70. The van der Waals surface area contributed by atoms with Crippen molar-refractivity contribution in [2.75, 3.05) is 6.54 Å². The second kappa shape index (κ2) is 5.92. The Morgan fingerprint density at radius 2 is 2.21 bits per heavy atom. The third kappa shape index (κ3) is 2.93. The summed E-state index contributed by atoms with van der Waals surface area (Å²) in [5.74, 6) is 2.26. The lowest BCUT2D eigenvalue weighted by Gasteiger charge is -2.10. The fraction of sp³-hybridized carbons (Fsp3) is 0.438. The van der Waals surface area contributed by atoms with E-state index in [0.717, 1.165) is 0 Å². The summed E-state index contributed by atoms with van der Waals surface area (Å²) in [6.45, 7) is 2.19. The fourth-order valence-electron chi connectivity index (χ4n) is 2.70. The number of carbonyl (C=O) groups excluding carboxylic acids is 1. The number of pyridine rings is 1. The molecular weight excluding hydrogens is 308 g/mol. The van der Waals surface area contributed by atoms with Gasteiger partial charge in [0.1, 0.15) is 0 Å². The summed E-state index contributed by atoms with van der Waals surface area (Å²) < 4.78 is 1.51. The van der Waals surface area contributed by atoms with Crippen molar-refractivity contribution in [1.29, 1.82) is 0 Å². The Morgan fingerprint density at radius 3 is 2.88 bits per heavy atom. The van der Waals surface area contributed by atoms with E-state index in [4.69, 9.17) is 6.42 Å². The van der Waals surface area contributed by atoms with Crippen molar-refractivity contribution in [2.45, 2.75) is 31.8 Å². The number of aryl methyl sites for hydroxylation is 2.